The lowest BCUT2D eigenvalue weighted by atomic mass is 10.0. The van der Waals surface area contributed by atoms with Crippen molar-refractivity contribution in [1.82, 2.24) is 9.97 Å². The first-order valence-corrected chi connectivity index (χ1v) is 5.61. The summed E-state index contributed by atoms with van der Waals surface area (Å²) >= 11 is 5.81. The number of nitrogens with zero attached hydrogens (tertiary/aromatic N) is 3. The van der Waals surface area contributed by atoms with Crippen LogP contribution in [0, 0.1) is 18.3 Å². The van der Waals surface area contributed by atoms with E-state index >= 15 is 0 Å². The summed E-state index contributed by atoms with van der Waals surface area (Å²) in [7, 11) is 1.57. The first-order valence-electron chi connectivity index (χ1n) is 5.23. The lowest BCUT2D eigenvalue weighted by Gasteiger charge is -2.10. The van der Waals surface area contributed by atoms with Crippen LogP contribution in [0.15, 0.2) is 24.4 Å². The molecule has 0 amide bonds. The number of ether oxygens (including phenoxy) is 1. The van der Waals surface area contributed by atoms with Crippen molar-refractivity contribution in [2.75, 3.05) is 7.11 Å². The lowest BCUT2D eigenvalue weighted by molar-refractivity contribution is 0.416. The van der Waals surface area contributed by atoms with E-state index in [0.29, 0.717) is 17.0 Å². The van der Waals surface area contributed by atoms with Crippen LogP contribution in [0.1, 0.15) is 11.1 Å². The summed E-state index contributed by atoms with van der Waals surface area (Å²) < 4.78 is 5.28. The summed E-state index contributed by atoms with van der Waals surface area (Å²) in [5.41, 5.74) is 2.81. The fraction of sp³-hybridized carbons (Fsp3) is 0.154. The Labute approximate surface area is 110 Å². The number of nitriles is 1. The van der Waals surface area contributed by atoms with Gasteiger partial charge >= 0.3 is 0 Å². The van der Waals surface area contributed by atoms with E-state index < -0.39 is 0 Å². The highest BCUT2D eigenvalue weighted by molar-refractivity contribution is 6.28. The number of hydrogen-bond donors (Lipinski definition) is 0. The van der Waals surface area contributed by atoms with Gasteiger partial charge in [0.2, 0.25) is 5.28 Å². The molecule has 5 heteroatoms. The Bertz CT molecular complexity index is 635. The van der Waals surface area contributed by atoms with Crippen LogP contribution in [0.4, 0.5) is 0 Å². The highest BCUT2D eigenvalue weighted by Gasteiger charge is 2.12. The van der Waals surface area contributed by atoms with Crippen LogP contribution in [0.5, 0.6) is 5.75 Å². The van der Waals surface area contributed by atoms with Gasteiger partial charge in [0.05, 0.1) is 24.4 Å². The molecule has 1 aromatic heterocycles. The summed E-state index contributed by atoms with van der Waals surface area (Å²) in [5.74, 6) is 0.645. The van der Waals surface area contributed by atoms with E-state index in [2.05, 4.69) is 16.0 Å². The van der Waals surface area contributed by atoms with Crippen molar-refractivity contribution in [1.29, 1.82) is 5.26 Å². The molecular formula is C13H10ClN3O. The molecule has 18 heavy (non-hydrogen) atoms. The summed E-state index contributed by atoms with van der Waals surface area (Å²) in [4.78, 5) is 8.10. The highest BCUT2D eigenvalue weighted by atomic mass is 35.5. The molecule has 90 valence electrons. The Hall–Kier alpha value is -2.12. The molecule has 1 heterocycles. The molecule has 0 radical (unpaired) electrons. The third-order valence-corrected chi connectivity index (χ3v) is 2.71. The van der Waals surface area contributed by atoms with Crippen LogP contribution in [-0.4, -0.2) is 17.1 Å². The Kier molecular flexibility index (Phi) is 3.45. The van der Waals surface area contributed by atoms with Crippen LogP contribution < -0.4 is 4.74 Å². The van der Waals surface area contributed by atoms with Crippen LogP contribution >= 0.6 is 11.6 Å². The zero-order chi connectivity index (χ0) is 13.1. The van der Waals surface area contributed by atoms with Crippen LogP contribution in [0.2, 0.25) is 5.28 Å². The first kappa shape index (κ1) is 12.3. The molecule has 0 spiro atoms. The highest BCUT2D eigenvalue weighted by Crippen LogP contribution is 2.31. The fourth-order valence-electron chi connectivity index (χ4n) is 1.66. The predicted octanol–water partition coefficient (Wildman–Crippen LogP) is 2.99. The van der Waals surface area contributed by atoms with Crippen LogP contribution in [0.3, 0.4) is 0 Å². The number of aromatic nitrogens is 2. The smallest absolute Gasteiger partial charge is 0.222 e. The van der Waals surface area contributed by atoms with E-state index in [0.717, 1.165) is 11.1 Å². The molecule has 4 nitrogen and oxygen atoms in total. The number of hydrogen-bond acceptors (Lipinski definition) is 4. The van der Waals surface area contributed by atoms with E-state index in [-0.39, 0.29) is 5.28 Å². The minimum absolute atomic E-state index is 0.167. The second kappa shape index (κ2) is 5.03. The molecular weight excluding hydrogens is 250 g/mol. The molecule has 0 N–H and O–H groups in total. The van der Waals surface area contributed by atoms with Crippen LogP contribution in [-0.2, 0) is 0 Å². The molecule has 1 aromatic carbocycles. The van der Waals surface area contributed by atoms with Gasteiger partial charge in [-0.1, -0.05) is 0 Å². The Balaban J connectivity index is 2.69. The van der Waals surface area contributed by atoms with E-state index in [9.17, 15) is 0 Å². The summed E-state index contributed by atoms with van der Waals surface area (Å²) in [6, 6.07) is 7.25. The minimum atomic E-state index is 0.167. The molecule has 0 aliphatic rings. The molecule has 0 aliphatic carbocycles. The summed E-state index contributed by atoms with van der Waals surface area (Å²) in [6.45, 7) is 1.88. The van der Waals surface area contributed by atoms with Gasteiger partial charge in [0.25, 0.3) is 0 Å². The maximum atomic E-state index is 8.95. The van der Waals surface area contributed by atoms with E-state index in [4.69, 9.17) is 21.6 Å². The first-order chi connectivity index (χ1) is 8.65. The van der Waals surface area contributed by atoms with Crippen molar-refractivity contribution in [3.05, 3.63) is 40.8 Å². The zero-order valence-electron chi connectivity index (χ0n) is 9.94. The van der Waals surface area contributed by atoms with Gasteiger partial charge in [-0.15, -0.1) is 0 Å². The zero-order valence-corrected chi connectivity index (χ0v) is 10.7. The molecule has 0 saturated heterocycles. The molecule has 0 aliphatic heterocycles. The van der Waals surface area contributed by atoms with Crippen molar-refractivity contribution in [2.45, 2.75) is 6.92 Å². The number of rotatable bonds is 2. The maximum absolute atomic E-state index is 8.95. The van der Waals surface area contributed by atoms with Gasteiger partial charge in [0, 0.05) is 11.8 Å². The Morgan fingerprint density at radius 2 is 2.17 bits per heavy atom. The lowest BCUT2D eigenvalue weighted by Crippen LogP contribution is -1.95. The number of methoxy groups -OCH3 is 1. The standard InChI is InChI=1S/C13H10ClN3O/c1-8-7-16-13(14)17-12(8)10-5-9(6-15)3-4-11(10)18-2/h3-5,7H,1-2H3. The molecule has 0 unspecified atom stereocenters. The normalized spacial score (nSPS) is 9.89. The average molecular weight is 260 g/mol. The van der Waals surface area contributed by atoms with Gasteiger partial charge in [0.1, 0.15) is 5.75 Å². The van der Waals surface area contributed by atoms with E-state index in [1.165, 1.54) is 0 Å². The van der Waals surface area contributed by atoms with Crippen LogP contribution in [0.25, 0.3) is 11.3 Å². The van der Waals surface area contributed by atoms with Crippen molar-refractivity contribution in [2.24, 2.45) is 0 Å². The number of benzene rings is 1. The largest absolute Gasteiger partial charge is 0.496 e. The minimum Gasteiger partial charge on any atom is -0.496 e. The second-order valence-corrected chi connectivity index (χ2v) is 4.04. The third-order valence-electron chi connectivity index (χ3n) is 2.53. The van der Waals surface area contributed by atoms with Crippen molar-refractivity contribution in [3.63, 3.8) is 0 Å². The summed E-state index contributed by atoms with van der Waals surface area (Å²) in [5, 5.41) is 9.11. The van der Waals surface area contributed by atoms with E-state index in [1.807, 2.05) is 6.92 Å². The average Bonchev–Trinajstić information content (AvgIpc) is 2.40. The Morgan fingerprint density at radius 1 is 1.39 bits per heavy atom. The number of halogens is 1. The van der Waals surface area contributed by atoms with Gasteiger partial charge in [0.15, 0.2) is 0 Å². The molecule has 0 fully saturated rings. The quantitative estimate of drug-likeness (QED) is 0.778. The van der Waals surface area contributed by atoms with E-state index in [1.54, 1.807) is 31.5 Å². The van der Waals surface area contributed by atoms with Crippen molar-refractivity contribution >= 4 is 11.6 Å². The second-order valence-electron chi connectivity index (χ2n) is 3.70. The maximum Gasteiger partial charge on any atom is 0.222 e. The fourth-order valence-corrected chi connectivity index (χ4v) is 1.79. The van der Waals surface area contributed by atoms with Gasteiger partial charge in [-0.25, -0.2) is 9.97 Å². The monoisotopic (exact) mass is 259 g/mol. The predicted molar refractivity (Wildman–Crippen MR) is 68.5 cm³/mol. The molecule has 2 aromatic rings. The van der Waals surface area contributed by atoms with Crippen molar-refractivity contribution < 1.29 is 4.74 Å². The van der Waals surface area contributed by atoms with Gasteiger partial charge < -0.3 is 4.74 Å². The summed E-state index contributed by atoms with van der Waals surface area (Å²) in [6.07, 6.45) is 1.64. The topological polar surface area (TPSA) is 58.8 Å². The van der Waals surface area contributed by atoms with Crippen molar-refractivity contribution in [3.8, 4) is 23.1 Å². The molecule has 0 atom stereocenters. The Morgan fingerprint density at radius 3 is 2.83 bits per heavy atom. The van der Waals surface area contributed by atoms with Gasteiger partial charge in [-0.05, 0) is 42.3 Å². The molecule has 0 saturated carbocycles. The SMILES string of the molecule is COc1ccc(C#N)cc1-c1nc(Cl)ncc1C. The molecule has 0 bridgehead atoms. The number of aryl methyl sites for hydroxylation is 1. The molecule has 2 rings (SSSR count). The van der Waals surface area contributed by atoms with Gasteiger partial charge in [-0.2, -0.15) is 5.26 Å². The third kappa shape index (κ3) is 2.27. The van der Waals surface area contributed by atoms with Gasteiger partial charge in [-0.3, -0.25) is 0 Å².